The lowest BCUT2D eigenvalue weighted by atomic mass is 10.1. The fraction of sp³-hybridized carbons (Fsp3) is 0. The summed E-state index contributed by atoms with van der Waals surface area (Å²) in [4.78, 5) is 25.7. The van der Waals surface area contributed by atoms with Gasteiger partial charge in [0.25, 0.3) is 0 Å². The normalized spacial score (nSPS) is 11.9. The van der Waals surface area contributed by atoms with Gasteiger partial charge in [-0.25, -0.2) is 24.9 Å². The molecule has 0 fully saturated rings. The predicted molar refractivity (Wildman–Crippen MR) is 236 cm³/mol. The molecule has 266 valence electrons. The Kier molecular flexibility index (Phi) is 7.17. The lowest BCUT2D eigenvalue weighted by Crippen LogP contribution is -2.00. The first-order valence-corrected chi connectivity index (χ1v) is 20.3. The zero-order valence-corrected chi connectivity index (χ0v) is 31.7. The van der Waals surface area contributed by atoms with Crippen molar-refractivity contribution in [2.45, 2.75) is 0 Å². The zero-order chi connectivity index (χ0) is 37.5. The van der Waals surface area contributed by atoms with Crippen LogP contribution < -0.4 is 0 Å². The van der Waals surface area contributed by atoms with Gasteiger partial charge >= 0.3 is 0 Å². The first-order chi connectivity index (χ1) is 28.2. The van der Waals surface area contributed by atoms with Crippen molar-refractivity contribution in [1.29, 1.82) is 0 Å². The first kappa shape index (κ1) is 32.1. The van der Waals surface area contributed by atoms with Gasteiger partial charge in [0.2, 0.25) is 0 Å². The standard InChI is InChI=1S/C49H27N5OS2/c1-3-12-28(13-4-1)42-45-43(34-17-8-10-21-40(34)57-45)51-49(50-42)35-19-11-18-33-36-26-30(22-24-38(36)55-44(33)35)47-52-46(29-14-5-2-6-15-29)53-48(54-47)31-23-25-41-37(27-31)32-16-7-9-20-39(32)56-41/h1-27H. The molecule has 0 unspecified atom stereocenters. The molecule has 0 N–H and O–H groups in total. The molecule has 0 radical (unpaired) electrons. The fourth-order valence-electron chi connectivity index (χ4n) is 7.83. The smallest absolute Gasteiger partial charge is 0.164 e. The molecule has 12 rings (SSSR count). The molecule has 0 aliphatic rings. The third-order valence-electron chi connectivity index (χ3n) is 10.6. The molecule has 0 bridgehead atoms. The topological polar surface area (TPSA) is 77.6 Å². The van der Waals surface area contributed by atoms with E-state index in [-0.39, 0.29) is 0 Å². The van der Waals surface area contributed by atoms with Crippen molar-refractivity contribution in [1.82, 2.24) is 24.9 Å². The number of thiophene rings is 2. The third-order valence-corrected chi connectivity index (χ3v) is 12.9. The van der Waals surface area contributed by atoms with E-state index in [9.17, 15) is 0 Å². The Hall–Kier alpha value is -7.13. The Balaban J connectivity index is 1.03. The minimum Gasteiger partial charge on any atom is -0.455 e. The maximum Gasteiger partial charge on any atom is 0.164 e. The van der Waals surface area contributed by atoms with Gasteiger partial charge in [0.15, 0.2) is 23.3 Å². The van der Waals surface area contributed by atoms with Crippen molar-refractivity contribution >= 4 is 85.1 Å². The molecule has 0 aliphatic carbocycles. The van der Waals surface area contributed by atoms with Gasteiger partial charge in [-0.2, -0.15) is 0 Å². The van der Waals surface area contributed by atoms with Gasteiger partial charge in [0.1, 0.15) is 11.2 Å². The molecular formula is C49H27N5OS2. The monoisotopic (exact) mass is 765 g/mol. The van der Waals surface area contributed by atoms with Gasteiger partial charge in [0.05, 0.1) is 21.5 Å². The molecule has 0 aliphatic heterocycles. The summed E-state index contributed by atoms with van der Waals surface area (Å²) >= 11 is 3.53. The van der Waals surface area contributed by atoms with Crippen LogP contribution >= 0.6 is 22.7 Å². The molecule has 12 aromatic rings. The maximum atomic E-state index is 6.68. The Morgan fingerprint density at radius 2 is 0.965 bits per heavy atom. The van der Waals surface area contributed by atoms with Crippen molar-refractivity contribution in [2.24, 2.45) is 0 Å². The molecular weight excluding hydrogens is 739 g/mol. The summed E-state index contributed by atoms with van der Waals surface area (Å²) in [5.74, 6) is 2.46. The van der Waals surface area contributed by atoms with Gasteiger partial charge < -0.3 is 4.42 Å². The molecule has 7 aromatic carbocycles. The molecule has 8 heteroatoms. The van der Waals surface area contributed by atoms with E-state index in [1.807, 2.05) is 54.6 Å². The van der Waals surface area contributed by atoms with Crippen molar-refractivity contribution in [2.75, 3.05) is 0 Å². The number of para-hydroxylation sites is 1. The van der Waals surface area contributed by atoms with Crippen LogP contribution in [0.15, 0.2) is 168 Å². The highest BCUT2D eigenvalue weighted by Gasteiger charge is 2.21. The Bertz CT molecular complexity index is 3540. The summed E-state index contributed by atoms with van der Waals surface area (Å²) in [6.07, 6.45) is 0. The van der Waals surface area contributed by atoms with Crippen LogP contribution in [0.2, 0.25) is 0 Å². The zero-order valence-electron chi connectivity index (χ0n) is 30.0. The van der Waals surface area contributed by atoms with Gasteiger partial charge in [0, 0.05) is 63.3 Å². The molecule has 0 spiro atoms. The van der Waals surface area contributed by atoms with E-state index in [2.05, 4.69) is 109 Å². The lowest BCUT2D eigenvalue weighted by molar-refractivity contribution is 0.669. The van der Waals surface area contributed by atoms with E-state index in [0.717, 1.165) is 71.1 Å². The third kappa shape index (κ3) is 5.26. The number of hydrogen-bond acceptors (Lipinski definition) is 8. The molecule has 0 saturated heterocycles. The highest BCUT2D eigenvalue weighted by atomic mass is 32.1. The van der Waals surface area contributed by atoms with Crippen LogP contribution in [0.25, 0.3) is 119 Å². The lowest BCUT2D eigenvalue weighted by Gasteiger charge is -2.09. The highest BCUT2D eigenvalue weighted by Crippen LogP contribution is 2.42. The number of aromatic nitrogens is 5. The SMILES string of the molecule is c1ccc(-c2nc(-c3ccc4oc5c(-c6nc(-c7ccccc7)c7sc8ccccc8c7n6)cccc5c4c3)nc(-c3ccc4sc5ccccc5c4c3)n2)cc1. The van der Waals surface area contributed by atoms with Crippen LogP contribution in [-0.4, -0.2) is 24.9 Å². The van der Waals surface area contributed by atoms with Crippen molar-refractivity contribution in [3.05, 3.63) is 164 Å². The quantitative estimate of drug-likeness (QED) is 0.174. The van der Waals surface area contributed by atoms with Gasteiger partial charge in [-0.05, 0) is 54.6 Å². The van der Waals surface area contributed by atoms with Gasteiger partial charge in [-0.3, -0.25) is 0 Å². The van der Waals surface area contributed by atoms with Crippen LogP contribution in [0.1, 0.15) is 0 Å². The van der Waals surface area contributed by atoms with E-state index in [0.29, 0.717) is 23.3 Å². The Labute approximate surface area is 333 Å². The van der Waals surface area contributed by atoms with Crippen LogP contribution in [0.4, 0.5) is 0 Å². The predicted octanol–water partition coefficient (Wildman–Crippen LogP) is 13.6. The maximum absolute atomic E-state index is 6.68. The molecule has 57 heavy (non-hydrogen) atoms. The van der Waals surface area contributed by atoms with E-state index in [1.54, 1.807) is 22.7 Å². The van der Waals surface area contributed by atoms with Crippen molar-refractivity contribution in [3.63, 3.8) is 0 Å². The number of hydrogen-bond donors (Lipinski definition) is 0. The van der Waals surface area contributed by atoms with E-state index < -0.39 is 0 Å². The average molecular weight is 766 g/mol. The Morgan fingerprint density at radius 3 is 1.74 bits per heavy atom. The minimum atomic E-state index is 0.590. The van der Waals surface area contributed by atoms with Crippen LogP contribution in [-0.2, 0) is 0 Å². The molecule has 5 heterocycles. The summed E-state index contributed by atoms with van der Waals surface area (Å²) in [5.41, 5.74) is 7.98. The number of rotatable bonds is 5. The number of fused-ring (bicyclic) bond motifs is 9. The molecule has 6 nitrogen and oxygen atoms in total. The number of furan rings is 1. The second kappa shape index (κ2) is 12.7. The van der Waals surface area contributed by atoms with Crippen molar-refractivity contribution < 1.29 is 4.42 Å². The van der Waals surface area contributed by atoms with E-state index >= 15 is 0 Å². The van der Waals surface area contributed by atoms with E-state index in [4.69, 9.17) is 29.3 Å². The first-order valence-electron chi connectivity index (χ1n) is 18.7. The summed E-state index contributed by atoms with van der Waals surface area (Å²) in [6.45, 7) is 0. The molecule has 5 aromatic heterocycles. The van der Waals surface area contributed by atoms with E-state index in [1.165, 1.54) is 24.9 Å². The second-order valence-electron chi connectivity index (χ2n) is 14.0. The van der Waals surface area contributed by atoms with Gasteiger partial charge in [-0.15, -0.1) is 22.7 Å². The van der Waals surface area contributed by atoms with Crippen LogP contribution in [0.3, 0.4) is 0 Å². The fourth-order valence-corrected chi connectivity index (χ4v) is 10.1. The summed E-state index contributed by atoms with van der Waals surface area (Å²) in [7, 11) is 0. The number of nitrogens with zero attached hydrogens (tertiary/aromatic N) is 5. The molecule has 0 amide bonds. The molecule has 0 saturated carbocycles. The number of benzene rings is 7. The highest BCUT2D eigenvalue weighted by molar-refractivity contribution is 7.26. The van der Waals surface area contributed by atoms with Crippen LogP contribution in [0.5, 0.6) is 0 Å². The minimum absolute atomic E-state index is 0.590. The summed E-state index contributed by atoms with van der Waals surface area (Å²) in [6, 6.07) is 56.3. The van der Waals surface area contributed by atoms with Gasteiger partial charge in [-0.1, -0.05) is 109 Å². The summed E-state index contributed by atoms with van der Waals surface area (Å²) < 4.78 is 11.4. The molecule has 0 atom stereocenters. The average Bonchev–Trinajstić information content (AvgIpc) is 3.97. The second-order valence-corrected chi connectivity index (χ2v) is 16.2. The Morgan fingerprint density at radius 1 is 0.368 bits per heavy atom. The van der Waals surface area contributed by atoms with Crippen molar-refractivity contribution in [3.8, 4) is 56.8 Å². The largest absolute Gasteiger partial charge is 0.455 e. The summed E-state index contributed by atoms with van der Waals surface area (Å²) in [5, 5.41) is 5.49. The van der Waals surface area contributed by atoms with Crippen LogP contribution in [0, 0.1) is 0 Å².